The van der Waals surface area contributed by atoms with Gasteiger partial charge in [-0.25, -0.2) is 0 Å². The molecular formula is C20H22N2O2. The van der Waals surface area contributed by atoms with Gasteiger partial charge in [0.15, 0.2) is 5.58 Å². The van der Waals surface area contributed by atoms with E-state index in [1.807, 2.05) is 61.7 Å². The van der Waals surface area contributed by atoms with Crippen molar-refractivity contribution in [3.8, 4) is 0 Å². The molecule has 0 aliphatic heterocycles. The average molecular weight is 322 g/mol. The largest absolute Gasteiger partial charge is 0.460 e. The zero-order valence-electron chi connectivity index (χ0n) is 14.3. The Morgan fingerprint density at radius 3 is 2.67 bits per heavy atom. The Labute approximate surface area is 141 Å². The summed E-state index contributed by atoms with van der Waals surface area (Å²) >= 11 is 0. The molecule has 3 rings (SSSR count). The first-order chi connectivity index (χ1) is 11.5. The van der Waals surface area contributed by atoms with Gasteiger partial charge in [0.2, 0.25) is 0 Å². The topological polar surface area (TPSA) is 47.2 Å². The maximum absolute atomic E-state index is 12.8. The van der Waals surface area contributed by atoms with Crippen LogP contribution in [-0.4, -0.2) is 10.5 Å². The Kier molecular flexibility index (Phi) is 4.30. The normalized spacial score (nSPS) is 12.3. The number of fused-ring (bicyclic) bond motifs is 1. The minimum Gasteiger partial charge on any atom is -0.460 e. The third-order valence-corrected chi connectivity index (χ3v) is 4.02. The van der Waals surface area contributed by atoms with E-state index in [2.05, 4.69) is 11.9 Å². The van der Waals surface area contributed by atoms with Crippen molar-refractivity contribution in [2.75, 3.05) is 0 Å². The van der Waals surface area contributed by atoms with Gasteiger partial charge < -0.3 is 14.3 Å². The quantitative estimate of drug-likeness (QED) is 0.697. The van der Waals surface area contributed by atoms with Crippen LogP contribution in [0.15, 0.2) is 59.0 Å². The van der Waals surface area contributed by atoms with Crippen LogP contribution in [0.3, 0.4) is 0 Å². The molecule has 2 aromatic heterocycles. The third kappa shape index (κ3) is 3.13. The number of aryl methyl sites for hydroxylation is 1. The number of allylic oxidation sites excluding steroid dienone is 1. The van der Waals surface area contributed by atoms with E-state index in [0.29, 0.717) is 12.2 Å². The van der Waals surface area contributed by atoms with Crippen molar-refractivity contribution in [1.29, 1.82) is 0 Å². The smallest absolute Gasteiger partial charge is 0.268 e. The summed E-state index contributed by atoms with van der Waals surface area (Å²) in [6.07, 6.45) is 0. The second-order valence-electron chi connectivity index (χ2n) is 6.29. The number of nitrogens with zero attached hydrogens (tertiary/aromatic N) is 1. The Bertz CT molecular complexity index is 887. The molecule has 0 aliphatic carbocycles. The molecule has 1 aromatic carbocycles. The lowest BCUT2D eigenvalue weighted by molar-refractivity contribution is 0.0931. The van der Waals surface area contributed by atoms with Gasteiger partial charge in [-0.1, -0.05) is 42.5 Å². The Morgan fingerprint density at radius 2 is 2.00 bits per heavy atom. The minimum absolute atomic E-state index is 0.0695. The van der Waals surface area contributed by atoms with Crippen molar-refractivity contribution in [3.63, 3.8) is 0 Å². The number of amides is 1. The van der Waals surface area contributed by atoms with Crippen LogP contribution in [0.25, 0.3) is 11.1 Å². The van der Waals surface area contributed by atoms with Gasteiger partial charge >= 0.3 is 0 Å². The summed E-state index contributed by atoms with van der Waals surface area (Å²) in [5.41, 5.74) is 4.30. The third-order valence-electron chi connectivity index (χ3n) is 4.02. The number of carbonyl (C=O) groups is 1. The lowest BCUT2D eigenvalue weighted by Crippen LogP contribution is -2.28. The van der Waals surface area contributed by atoms with E-state index < -0.39 is 0 Å². The molecule has 0 saturated heterocycles. The fraction of sp³-hybridized carbons (Fsp3) is 0.250. The fourth-order valence-corrected chi connectivity index (χ4v) is 2.89. The van der Waals surface area contributed by atoms with Crippen molar-refractivity contribution in [2.24, 2.45) is 0 Å². The molecule has 0 unspecified atom stereocenters. The van der Waals surface area contributed by atoms with Gasteiger partial charge in [0.25, 0.3) is 5.91 Å². The molecule has 2 heterocycles. The highest BCUT2D eigenvalue weighted by Crippen LogP contribution is 2.25. The lowest BCUT2D eigenvalue weighted by Gasteiger charge is -2.16. The molecule has 0 fully saturated rings. The lowest BCUT2D eigenvalue weighted by atomic mass is 10.1. The molecule has 0 bridgehead atoms. The van der Waals surface area contributed by atoms with Crippen molar-refractivity contribution in [3.05, 3.63) is 71.6 Å². The van der Waals surface area contributed by atoms with Crippen molar-refractivity contribution in [1.82, 2.24) is 9.88 Å². The second-order valence-corrected chi connectivity index (χ2v) is 6.29. The summed E-state index contributed by atoms with van der Waals surface area (Å²) in [6.45, 7) is 10.4. The second kappa shape index (κ2) is 6.40. The zero-order chi connectivity index (χ0) is 17.3. The first kappa shape index (κ1) is 16.1. The molecule has 1 N–H and O–H groups in total. The van der Waals surface area contributed by atoms with Crippen molar-refractivity contribution >= 4 is 17.0 Å². The number of hydrogen-bond donors (Lipinski definition) is 1. The number of carbonyl (C=O) groups excluding carboxylic acids is 1. The molecule has 0 spiro atoms. The molecule has 0 saturated carbocycles. The van der Waals surface area contributed by atoms with E-state index in [4.69, 9.17) is 4.42 Å². The van der Waals surface area contributed by atoms with E-state index in [9.17, 15) is 4.79 Å². The van der Waals surface area contributed by atoms with Gasteiger partial charge in [-0.05, 0) is 26.3 Å². The molecule has 4 nitrogen and oxygen atoms in total. The summed E-state index contributed by atoms with van der Waals surface area (Å²) in [4.78, 5) is 12.8. The number of aromatic nitrogens is 1. The van der Waals surface area contributed by atoms with Gasteiger partial charge in [-0.15, -0.1) is 0 Å². The van der Waals surface area contributed by atoms with Crippen LogP contribution < -0.4 is 5.32 Å². The van der Waals surface area contributed by atoms with Crippen LogP contribution in [0.5, 0.6) is 0 Å². The molecule has 1 amide bonds. The maximum atomic E-state index is 12.8. The molecular weight excluding hydrogens is 300 g/mol. The van der Waals surface area contributed by atoms with Crippen LogP contribution in [0.2, 0.25) is 0 Å². The molecule has 0 radical (unpaired) electrons. The number of benzene rings is 1. The molecule has 4 heteroatoms. The Balaban J connectivity index is 1.91. The van der Waals surface area contributed by atoms with E-state index in [1.54, 1.807) is 6.07 Å². The highest BCUT2D eigenvalue weighted by atomic mass is 16.3. The summed E-state index contributed by atoms with van der Waals surface area (Å²) in [6, 6.07) is 13.6. The molecule has 1 atom stereocenters. The van der Waals surface area contributed by atoms with Crippen LogP contribution in [0.1, 0.15) is 41.7 Å². The predicted octanol–water partition coefficient (Wildman–Crippen LogP) is 4.61. The number of furan rings is 1. The van der Waals surface area contributed by atoms with Crippen molar-refractivity contribution in [2.45, 2.75) is 33.4 Å². The van der Waals surface area contributed by atoms with Crippen LogP contribution >= 0.6 is 0 Å². The van der Waals surface area contributed by atoms with Crippen LogP contribution in [0.4, 0.5) is 0 Å². The maximum Gasteiger partial charge on any atom is 0.268 e. The summed E-state index contributed by atoms with van der Waals surface area (Å²) in [5, 5.41) is 3.06. The molecule has 3 aromatic rings. The first-order valence-corrected chi connectivity index (χ1v) is 8.05. The van der Waals surface area contributed by atoms with Gasteiger partial charge in [0.05, 0.1) is 11.6 Å². The predicted molar refractivity (Wildman–Crippen MR) is 96.1 cm³/mol. The number of hydrogen-bond acceptors (Lipinski definition) is 2. The zero-order valence-corrected chi connectivity index (χ0v) is 14.3. The van der Waals surface area contributed by atoms with E-state index in [0.717, 1.165) is 28.0 Å². The molecule has 24 heavy (non-hydrogen) atoms. The first-order valence-electron chi connectivity index (χ1n) is 8.05. The Morgan fingerprint density at radius 1 is 1.29 bits per heavy atom. The highest BCUT2D eigenvalue weighted by molar-refractivity contribution is 5.97. The molecule has 124 valence electrons. The summed E-state index contributed by atoms with van der Waals surface area (Å²) < 4.78 is 7.64. The van der Waals surface area contributed by atoms with E-state index in [1.165, 1.54) is 0 Å². The SMILES string of the molecule is C=C(C)Cn1c(C(=O)N[C@@H](C)c2ccccc2)cc2oc(C)cc21. The van der Waals surface area contributed by atoms with E-state index >= 15 is 0 Å². The number of nitrogens with one attached hydrogen (secondary N) is 1. The molecule has 0 aliphatic rings. The minimum atomic E-state index is -0.114. The van der Waals surface area contributed by atoms with Gasteiger partial charge in [0.1, 0.15) is 11.5 Å². The van der Waals surface area contributed by atoms with Crippen LogP contribution in [-0.2, 0) is 6.54 Å². The van der Waals surface area contributed by atoms with Crippen LogP contribution in [0, 0.1) is 6.92 Å². The Hall–Kier alpha value is -2.75. The fourth-order valence-electron chi connectivity index (χ4n) is 2.89. The van der Waals surface area contributed by atoms with Gasteiger partial charge in [0, 0.05) is 18.7 Å². The number of rotatable bonds is 5. The standard InChI is InChI=1S/C20H22N2O2/c1-13(2)12-22-17-10-14(3)24-19(17)11-18(22)20(23)21-15(4)16-8-6-5-7-9-16/h5-11,15H,1,12H2,2-4H3,(H,21,23)/t15-/m0/s1. The monoisotopic (exact) mass is 322 g/mol. The average Bonchev–Trinajstić information content (AvgIpc) is 3.05. The van der Waals surface area contributed by atoms with Gasteiger partial charge in [-0.3, -0.25) is 4.79 Å². The summed E-state index contributed by atoms with van der Waals surface area (Å²) in [7, 11) is 0. The van der Waals surface area contributed by atoms with E-state index in [-0.39, 0.29) is 11.9 Å². The van der Waals surface area contributed by atoms with Gasteiger partial charge in [-0.2, -0.15) is 0 Å². The van der Waals surface area contributed by atoms with Crippen molar-refractivity contribution < 1.29 is 9.21 Å². The summed E-state index contributed by atoms with van der Waals surface area (Å²) in [5.74, 6) is 0.719. The highest BCUT2D eigenvalue weighted by Gasteiger charge is 2.20.